The highest BCUT2D eigenvalue weighted by atomic mass is 15.3. The summed E-state index contributed by atoms with van der Waals surface area (Å²) in [5.74, 6) is 1.06. The Balaban J connectivity index is 4.18. The van der Waals surface area contributed by atoms with Crippen LogP contribution in [-0.2, 0) is 0 Å². The second-order valence-corrected chi connectivity index (χ2v) is 3.26. The van der Waals surface area contributed by atoms with Crippen LogP contribution in [0.15, 0.2) is 4.99 Å². The highest BCUT2D eigenvalue weighted by Crippen LogP contribution is 1.96. The minimum atomic E-state index is 0.852. The van der Waals surface area contributed by atoms with Crippen molar-refractivity contribution in [1.29, 1.82) is 0 Å². The van der Waals surface area contributed by atoms with Crippen LogP contribution in [0.25, 0.3) is 0 Å². The fraction of sp³-hybridized carbons (Fsp3) is 0.909. The minimum Gasteiger partial charge on any atom is -0.357 e. The third-order valence-electron chi connectivity index (χ3n) is 2.11. The molecule has 3 nitrogen and oxygen atoms in total. The molecule has 0 aromatic rings. The van der Waals surface area contributed by atoms with Crippen LogP contribution in [0.1, 0.15) is 40.5 Å². The fourth-order valence-electron chi connectivity index (χ4n) is 1.34. The van der Waals surface area contributed by atoms with Gasteiger partial charge in [-0.1, -0.05) is 13.3 Å². The van der Waals surface area contributed by atoms with Crippen molar-refractivity contribution in [1.82, 2.24) is 10.2 Å². The summed E-state index contributed by atoms with van der Waals surface area (Å²) < 4.78 is 0. The Morgan fingerprint density at radius 1 is 1.21 bits per heavy atom. The van der Waals surface area contributed by atoms with Gasteiger partial charge in [0.1, 0.15) is 0 Å². The van der Waals surface area contributed by atoms with Gasteiger partial charge in [-0.25, -0.2) is 0 Å². The third kappa shape index (κ3) is 5.10. The first kappa shape index (κ1) is 13.3. The van der Waals surface area contributed by atoms with E-state index in [1.54, 1.807) is 0 Å². The van der Waals surface area contributed by atoms with Gasteiger partial charge >= 0.3 is 0 Å². The van der Waals surface area contributed by atoms with Crippen LogP contribution in [0.3, 0.4) is 0 Å². The molecule has 0 radical (unpaired) electrons. The molecule has 0 atom stereocenters. The lowest BCUT2D eigenvalue weighted by Crippen LogP contribution is -2.41. The van der Waals surface area contributed by atoms with Gasteiger partial charge in [-0.15, -0.1) is 0 Å². The van der Waals surface area contributed by atoms with Crippen LogP contribution in [0.5, 0.6) is 0 Å². The van der Waals surface area contributed by atoms with Crippen molar-refractivity contribution >= 4 is 5.96 Å². The highest BCUT2D eigenvalue weighted by Gasteiger charge is 2.06. The van der Waals surface area contributed by atoms with E-state index in [-0.39, 0.29) is 0 Å². The van der Waals surface area contributed by atoms with Crippen LogP contribution < -0.4 is 5.32 Å². The second kappa shape index (κ2) is 8.85. The predicted molar refractivity (Wildman–Crippen MR) is 63.8 cm³/mol. The fourth-order valence-corrected chi connectivity index (χ4v) is 1.34. The molecular weight excluding hydrogens is 174 g/mol. The smallest absolute Gasteiger partial charge is 0.193 e. The Morgan fingerprint density at radius 2 is 1.93 bits per heavy atom. The summed E-state index contributed by atoms with van der Waals surface area (Å²) in [6, 6.07) is 0. The van der Waals surface area contributed by atoms with Crippen molar-refractivity contribution in [2.45, 2.75) is 40.5 Å². The zero-order valence-corrected chi connectivity index (χ0v) is 10.1. The molecule has 0 unspecified atom stereocenters. The number of guanidine groups is 1. The van der Waals surface area contributed by atoms with E-state index in [1.807, 2.05) is 0 Å². The zero-order valence-electron chi connectivity index (χ0n) is 10.1. The quantitative estimate of drug-likeness (QED) is 0.524. The van der Waals surface area contributed by atoms with Crippen LogP contribution in [0.2, 0.25) is 0 Å². The van der Waals surface area contributed by atoms with E-state index in [2.05, 4.69) is 42.9 Å². The summed E-state index contributed by atoms with van der Waals surface area (Å²) in [5, 5.41) is 3.32. The molecule has 84 valence electrons. The SMILES string of the molecule is CCCCN(CC)C(=NCC)NCC. The Bertz CT molecular complexity index is 155. The van der Waals surface area contributed by atoms with E-state index in [9.17, 15) is 0 Å². The Hall–Kier alpha value is -0.730. The first-order valence-electron chi connectivity index (χ1n) is 5.83. The molecule has 14 heavy (non-hydrogen) atoms. The summed E-state index contributed by atoms with van der Waals surface area (Å²) in [6.45, 7) is 12.5. The average molecular weight is 199 g/mol. The van der Waals surface area contributed by atoms with Gasteiger partial charge in [0.25, 0.3) is 0 Å². The number of nitrogens with zero attached hydrogens (tertiary/aromatic N) is 2. The lowest BCUT2D eigenvalue weighted by atomic mass is 10.3. The Kier molecular flexibility index (Phi) is 8.39. The molecule has 0 saturated carbocycles. The number of hydrogen-bond acceptors (Lipinski definition) is 1. The van der Waals surface area contributed by atoms with Gasteiger partial charge in [-0.3, -0.25) is 4.99 Å². The van der Waals surface area contributed by atoms with Crippen LogP contribution >= 0.6 is 0 Å². The van der Waals surface area contributed by atoms with Crippen molar-refractivity contribution in [3.63, 3.8) is 0 Å². The molecule has 0 rings (SSSR count). The van der Waals surface area contributed by atoms with Gasteiger partial charge in [0.15, 0.2) is 5.96 Å². The molecule has 1 N–H and O–H groups in total. The van der Waals surface area contributed by atoms with E-state index in [4.69, 9.17) is 0 Å². The van der Waals surface area contributed by atoms with Gasteiger partial charge in [0, 0.05) is 26.2 Å². The number of hydrogen-bond donors (Lipinski definition) is 1. The van der Waals surface area contributed by atoms with Crippen molar-refractivity contribution < 1.29 is 0 Å². The molecule has 0 fully saturated rings. The normalized spacial score (nSPS) is 11.6. The summed E-state index contributed by atoms with van der Waals surface area (Å²) in [4.78, 5) is 6.79. The van der Waals surface area contributed by atoms with Crippen molar-refractivity contribution in [3.05, 3.63) is 0 Å². The van der Waals surface area contributed by atoms with Gasteiger partial charge in [0.2, 0.25) is 0 Å². The van der Waals surface area contributed by atoms with Gasteiger partial charge in [0.05, 0.1) is 0 Å². The summed E-state index contributed by atoms with van der Waals surface area (Å²) in [7, 11) is 0. The topological polar surface area (TPSA) is 27.6 Å². The number of rotatable bonds is 6. The maximum absolute atomic E-state index is 4.47. The van der Waals surface area contributed by atoms with Crippen LogP contribution in [0.4, 0.5) is 0 Å². The largest absolute Gasteiger partial charge is 0.357 e. The van der Waals surface area contributed by atoms with Gasteiger partial charge in [-0.05, 0) is 27.2 Å². The van der Waals surface area contributed by atoms with Crippen LogP contribution in [0, 0.1) is 0 Å². The Morgan fingerprint density at radius 3 is 2.36 bits per heavy atom. The molecule has 0 heterocycles. The van der Waals surface area contributed by atoms with E-state index >= 15 is 0 Å². The first-order valence-corrected chi connectivity index (χ1v) is 5.83. The lowest BCUT2D eigenvalue weighted by Gasteiger charge is -2.24. The molecule has 0 amide bonds. The first-order chi connectivity index (χ1) is 6.79. The molecule has 3 heteroatoms. The lowest BCUT2D eigenvalue weighted by molar-refractivity contribution is 0.412. The zero-order chi connectivity index (χ0) is 10.8. The summed E-state index contributed by atoms with van der Waals surface area (Å²) >= 11 is 0. The predicted octanol–water partition coefficient (Wildman–Crippen LogP) is 2.09. The average Bonchev–Trinajstić information content (AvgIpc) is 2.19. The summed E-state index contributed by atoms with van der Waals surface area (Å²) in [5.41, 5.74) is 0. The molecule has 0 spiro atoms. The minimum absolute atomic E-state index is 0.852. The van der Waals surface area contributed by atoms with E-state index in [0.29, 0.717) is 0 Å². The van der Waals surface area contributed by atoms with E-state index in [0.717, 1.165) is 32.1 Å². The van der Waals surface area contributed by atoms with Gasteiger partial charge in [-0.2, -0.15) is 0 Å². The maximum atomic E-state index is 4.47. The number of aliphatic imine (C=N–C) groups is 1. The molecule has 0 bridgehead atoms. The van der Waals surface area contributed by atoms with Gasteiger partial charge < -0.3 is 10.2 Å². The number of nitrogens with one attached hydrogen (secondary N) is 1. The van der Waals surface area contributed by atoms with Crippen molar-refractivity contribution in [3.8, 4) is 0 Å². The van der Waals surface area contributed by atoms with Crippen LogP contribution in [-0.4, -0.2) is 37.0 Å². The molecule has 0 saturated heterocycles. The third-order valence-corrected chi connectivity index (χ3v) is 2.11. The van der Waals surface area contributed by atoms with E-state index < -0.39 is 0 Å². The second-order valence-electron chi connectivity index (χ2n) is 3.26. The molecule has 0 aliphatic carbocycles. The highest BCUT2D eigenvalue weighted by molar-refractivity contribution is 5.79. The Labute approximate surface area is 88.6 Å². The number of unbranched alkanes of at least 4 members (excludes halogenated alkanes) is 1. The molecule has 0 aliphatic rings. The molecule has 0 aliphatic heterocycles. The monoisotopic (exact) mass is 199 g/mol. The molecule has 0 aromatic heterocycles. The maximum Gasteiger partial charge on any atom is 0.193 e. The van der Waals surface area contributed by atoms with E-state index in [1.165, 1.54) is 12.8 Å². The van der Waals surface area contributed by atoms with Crippen molar-refractivity contribution in [2.24, 2.45) is 4.99 Å². The van der Waals surface area contributed by atoms with Crippen molar-refractivity contribution in [2.75, 3.05) is 26.2 Å². The molecule has 0 aromatic carbocycles. The summed E-state index contributed by atoms with van der Waals surface area (Å²) in [6.07, 6.45) is 2.48. The molecular formula is C11H25N3. The standard InChI is InChI=1S/C11H25N3/c1-5-9-10-14(8-4)11(12-6-2)13-7-3/h5-10H2,1-4H3,(H,12,13).